The van der Waals surface area contributed by atoms with Crippen molar-refractivity contribution in [3.8, 4) is 0 Å². The van der Waals surface area contributed by atoms with Gasteiger partial charge in [0.1, 0.15) is 104 Å². The molecule has 6 rings (SSSR count). The Hall–Kier alpha value is -1.61. The Labute approximate surface area is 498 Å². The molecule has 44 nitrogen and oxygen atoms in total. The molecule has 0 saturated carbocycles. The summed E-state index contributed by atoms with van der Waals surface area (Å²) in [6, 6.07) is 0. The zero-order chi connectivity index (χ0) is 66.1. The van der Waals surface area contributed by atoms with Crippen molar-refractivity contribution in [3.63, 3.8) is 0 Å². The van der Waals surface area contributed by atoms with Crippen LogP contribution in [0.25, 0.3) is 0 Å². The lowest BCUT2D eigenvalue weighted by Crippen LogP contribution is -2.63. The predicted molar refractivity (Wildman–Crippen MR) is 262 cm³/mol. The zero-order valence-corrected chi connectivity index (χ0v) is 49.1. The maximum absolute atomic E-state index is 12.1. The number of rotatable bonds is 27. The first-order valence-corrected chi connectivity index (χ1v) is 32.4. The maximum atomic E-state index is 12.1. The molecule has 18 N–H and O–H groups in total. The lowest BCUT2D eigenvalue weighted by atomic mass is 9.88. The van der Waals surface area contributed by atoms with Crippen molar-refractivity contribution in [1.82, 2.24) is 0 Å². The van der Waals surface area contributed by atoms with E-state index in [2.05, 4.69) is 16.7 Å². The van der Waals surface area contributed by atoms with Crippen LogP contribution in [0, 0.1) is 17.8 Å². The van der Waals surface area contributed by atoms with Gasteiger partial charge in [0.2, 0.25) is 0 Å². The van der Waals surface area contributed by atoms with E-state index in [4.69, 9.17) is 60.8 Å². The van der Waals surface area contributed by atoms with Gasteiger partial charge in [0.25, 0.3) is 0 Å². The van der Waals surface area contributed by atoms with Gasteiger partial charge in [0.05, 0.1) is 70.7 Å². The monoisotopic (exact) mass is 1400 g/mol. The summed E-state index contributed by atoms with van der Waals surface area (Å²) < 4.78 is 248. The van der Waals surface area contributed by atoms with Gasteiger partial charge >= 0.3 is 52.0 Å². The molecular weight excluding hydrogens is 1330 g/mol. The van der Waals surface area contributed by atoms with Crippen molar-refractivity contribution in [2.24, 2.45) is 17.8 Å². The molecule has 0 aromatic carbocycles. The van der Waals surface area contributed by atoms with E-state index < -0.39 is 282 Å². The molecule has 0 radical (unpaired) electrons. The fourth-order valence-corrected chi connectivity index (χ4v) is 12.7. The van der Waals surface area contributed by atoms with Crippen LogP contribution >= 0.6 is 0 Å². The van der Waals surface area contributed by atoms with Gasteiger partial charge in [0.15, 0.2) is 37.7 Å². The Morgan fingerprint density at radius 3 is 1.05 bits per heavy atom. The van der Waals surface area contributed by atoms with Gasteiger partial charge in [-0.05, 0) is 13.8 Å². The van der Waals surface area contributed by atoms with Crippen molar-refractivity contribution in [2.45, 2.75) is 180 Å². The summed E-state index contributed by atoms with van der Waals surface area (Å²) >= 11 is 0. The predicted octanol–water partition coefficient (Wildman–Crippen LogP) is -12.2. The van der Waals surface area contributed by atoms with E-state index in [1.54, 1.807) is 0 Å². The van der Waals surface area contributed by atoms with Crippen molar-refractivity contribution in [3.05, 3.63) is 0 Å². The van der Waals surface area contributed by atoms with Crippen molar-refractivity contribution in [2.75, 3.05) is 46.2 Å². The minimum Gasteiger partial charge on any atom is -0.394 e. The second kappa shape index (κ2) is 30.4. The zero-order valence-electron chi connectivity index (χ0n) is 45.0. The average molecular weight is 1400 g/mol. The van der Waals surface area contributed by atoms with Gasteiger partial charge in [-0.1, -0.05) is 0 Å². The standard InChI is InChI=1S/C39H68O44S5/c1-10-12(5-68-37-26(49)31(81-86(59,60)61)19(42)11(2)74-37)29(79-84(53,54)55)25(48)36(73-10)70-7-14-20(43)15(3-40)76-35(21(14)44)69-6-13-17(75-34(52)24(47)30(13)80-85(56,57)58)8-71-39-28(51)33(83-88(65,66)67)23(46)18(78-39)9-72-38-27(50)32(82-87(62,63)64)22(45)16(4-41)77-38/h10-52H,3-9H2,1-2H3,(H,53,54,55)(H,56,57,58)(H,59,60,61)(H,62,63,64)(H,65,66,67)/t10?,11?,12-,13+,14?,15?,16?,17?,18?,19-,20-,21?,22+,23+,24?,25?,26?,27?,28?,29?,30?,31?,32?,33?,34-,35-,36-,37-,38-,39-/m1/s1. The second-order valence-corrected chi connectivity index (χ2v) is 25.7. The van der Waals surface area contributed by atoms with E-state index in [9.17, 15) is 127 Å². The molecule has 0 aliphatic carbocycles. The van der Waals surface area contributed by atoms with E-state index in [1.807, 2.05) is 0 Å². The third-order valence-corrected chi connectivity index (χ3v) is 16.8. The highest BCUT2D eigenvalue weighted by Crippen LogP contribution is 2.37. The Kier molecular flexibility index (Phi) is 26.1. The minimum atomic E-state index is -5.65. The molecule has 6 aliphatic heterocycles. The van der Waals surface area contributed by atoms with Crippen LogP contribution in [-0.4, -0.2) is 343 Å². The maximum Gasteiger partial charge on any atom is 0.397 e. The highest BCUT2D eigenvalue weighted by Gasteiger charge is 2.56. The van der Waals surface area contributed by atoms with Gasteiger partial charge in [-0.2, -0.15) is 42.1 Å². The third-order valence-electron chi connectivity index (χ3n) is 14.5. The molecule has 518 valence electrons. The van der Waals surface area contributed by atoms with Crippen molar-refractivity contribution in [1.29, 1.82) is 0 Å². The van der Waals surface area contributed by atoms with Crippen LogP contribution in [0.2, 0.25) is 0 Å². The van der Waals surface area contributed by atoms with Gasteiger partial charge < -0.3 is 118 Å². The first-order valence-electron chi connectivity index (χ1n) is 25.5. The molecule has 6 fully saturated rings. The van der Waals surface area contributed by atoms with Crippen LogP contribution in [0.5, 0.6) is 0 Å². The molecule has 0 spiro atoms. The van der Waals surface area contributed by atoms with Gasteiger partial charge in [-0.3, -0.25) is 22.8 Å². The molecule has 0 bridgehead atoms. The molecule has 49 heteroatoms. The van der Waals surface area contributed by atoms with Crippen LogP contribution < -0.4 is 0 Å². The molecule has 6 aliphatic rings. The van der Waals surface area contributed by atoms with E-state index in [0.717, 1.165) is 0 Å². The fourth-order valence-electron chi connectivity index (χ4n) is 10.1. The molecule has 0 aromatic heterocycles. The summed E-state index contributed by atoms with van der Waals surface area (Å²) in [5, 5.41) is 140. The topological polar surface area (TPSA) is 683 Å². The molecule has 18 unspecified atom stereocenters. The molecule has 0 amide bonds. The van der Waals surface area contributed by atoms with E-state index in [1.165, 1.54) is 13.8 Å². The molecule has 0 aromatic rings. The summed E-state index contributed by atoms with van der Waals surface area (Å²) in [4.78, 5) is 0. The minimum absolute atomic E-state index is 0.842. The molecule has 6 heterocycles. The third kappa shape index (κ3) is 19.7. The summed E-state index contributed by atoms with van der Waals surface area (Å²) in [5.41, 5.74) is 0. The number of ether oxygens (including phenoxy) is 11. The SMILES string of the molecule is CC1O[C@@H](OC[C@@H]2C(C)O[C@@H](OCC3C(O)[C@H](OC[C@H]4C(CO[C@@H]5OC(CO[C@@H]6OC(CO)[C@H](O)C(OS(=O)(=O)O)C6O)[C@H](O)C(OS(=O)(=O)O)C5O)O[C@@H](O)C(O)C4OS(=O)(=O)O)OC(CO)[C@@H]3O)C(O)C2OS(=O)(=O)O)C(O)C(OS(=O)(=O)O)[C@@H]1O. The first kappa shape index (κ1) is 75.4. The van der Waals surface area contributed by atoms with E-state index in [-0.39, 0.29) is 0 Å². The van der Waals surface area contributed by atoms with Gasteiger partial charge in [-0.25, -0.2) is 20.9 Å². The summed E-state index contributed by atoms with van der Waals surface area (Å²) in [6.45, 7) is -5.12. The highest BCUT2D eigenvalue weighted by molar-refractivity contribution is 7.81. The second-order valence-electron chi connectivity index (χ2n) is 20.5. The van der Waals surface area contributed by atoms with E-state index in [0.29, 0.717) is 0 Å². The first-order chi connectivity index (χ1) is 40.5. The number of hydrogen-bond donors (Lipinski definition) is 18. The van der Waals surface area contributed by atoms with Crippen LogP contribution in [0.4, 0.5) is 0 Å². The largest absolute Gasteiger partial charge is 0.397 e. The average Bonchev–Trinajstić information content (AvgIpc) is 2.26. The van der Waals surface area contributed by atoms with Crippen molar-refractivity contribution < 1.29 is 204 Å². The molecule has 88 heavy (non-hydrogen) atoms. The number of hydrogen-bond acceptors (Lipinski definition) is 39. The summed E-state index contributed by atoms with van der Waals surface area (Å²) in [6.07, 6.45) is -57.2. The van der Waals surface area contributed by atoms with Crippen LogP contribution in [-0.2, 0) is 125 Å². The highest BCUT2D eigenvalue weighted by atomic mass is 32.3. The van der Waals surface area contributed by atoms with Crippen molar-refractivity contribution >= 4 is 52.0 Å². The van der Waals surface area contributed by atoms with Crippen LogP contribution in [0.15, 0.2) is 0 Å². The van der Waals surface area contributed by atoms with Gasteiger partial charge in [0, 0.05) is 17.8 Å². The number of aliphatic hydroxyl groups is 13. The molecular formula is C39H68O44S5. The van der Waals surface area contributed by atoms with E-state index >= 15 is 0 Å². The fraction of sp³-hybridized carbons (Fsp3) is 1.00. The number of aliphatic hydroxyl groups excluding tert-OH is 13. The Morgan fingerprint density at radius 1 is 0.295 bits per heavy atom. The van der Waals surface area contributed by atoms with Crippen LogP contribution in [0.1, 0.15) is 13.8 Å². The lowest BCUT2D eigenvalue weighted by molar-refractivity contribution is -0.340. The Bertz CT molecular complexity index is 2820. The van der Waals surface area contributed by atoms with Crippen LogP contribution in [0.3, 0.4) is 0 Å². The van der Waals surface area contributed by atoms with Gasteiger partial charge in [-0.15, -0.1) is 0 Å². The Balaban J connectivity index is 1.18. The summed E-state index contributed by atoms with van der Waals surface area (Å²) in [7, 11) is -27.5. The Morgan fingerprint density at radius 2 is 0.602 bits per heavy atom. The lowest BCUT2D eigenvalue weighted by Gasteiger charge is -2.46. The quantitative estimate of drug-likeness (QED) is 0.0340. The summed E-state index contributed by atoms with van der Waals surface area (Å²) in [5.74, 6) is -5.19. The molecule has 6 saturated heterocycles. The normalized spacial score (nSPS) is 44.4. The molecule has 30 atom stereocenters. The smallest absolute Gasteiger partial charge is 0.394 e.